The Labute approximate surface area is 150 Å². The van der Waals surface area contributed by atoms with Crippen LogP contribution in [-0.2, 0) is 16.6 Å². The van der Waals surface area contributed by atoms with Crippen LogP contribution in [0.1, 0.15) is 28.1 Å². The van der Waals surface area contributed by atoms with Crippen molar-refractivity contribution in [1.29, 1.82) is 0 Å². The molecule has 1 fully saturated rings. The lowest BCUT2D eigenvalue weighted by molar-refractivity contribution is 0.0952. The van der Waals surface area contributed by atoms with Crippen molar-refractivity contribution in [3.63, 3.8) is 0 Å². The number of halogens is 1. The summed E-state index contributed by atoms with van der Waals surface area (Å²) in [6.07, 6.45) is 1.72. The second-order valence-corrected chi connectivity index (χ2v) is 8.80. The summed E-state index contributed by atoms with van der Waals surface area (Å²) < 4.78 is 26.8. The van der Waals surface area contributed by atoms with E-state index in [1.54, 1.807) is 23.6 Å². The molecule has 128 valence electrons. The van der Waals surface area contributed by atoms with Crippen molar-refractivity contribution in [2.45, 2.75) is 24.3 Å². The third-order valence-corrected chi connectivity index (χ3v) is 7.08. The van der Waals surface area contributed by atoms with E-state index in [4.69, 9.17) is 11.6 Å². The van der Waals surface area contributed by atoms with E-state index in [-0.39, 0.29) is 15.7 Å². The predicted octanol–water partition coefficient (Wildman–Crippen LogP) is 3.12. The quantitative estimate of drug-likeness (QED) is 0.861. The van der Waals surface area contributed by atoms with Gasteiger partial charge in [-0.3, -0.25) is 4.79 Å². The fourth-order valence-corrected chi connectivity index (χ4v) is 5.69. The number of carbonyl (C=O) groups excluding carboxylic acids is 1. The summed E-state index contributed by atoms with van der Waals surface area (Å²) in [7, 11) is -3.60. The Morgan fingerprint density at radius 1 is 1.25 bits per heavy atom. The summed E-state index contributed by atoms with van der Waals surface area (Å²) in [5, 5.41) is 4.99. The molecular formula is C16H17ClN2O3S2. The van der Waals surface area contributed by atoms with E-state index in [9.17, 15) is 13.2 Å². The van der Waals surface area contributed by atoms with Crippen LogP contribution >= 0.6 is 22.9 Å². The van der Waals surface area contributed by atoms with Crippen LogP contribution in [-0.4, -0.2) is 31.7 Å². The molecule has 2 heterocycles. The van der Waals surface area contributed by atoms with Gasteiger partial charge in [0.1, 0.15) is 9.77 Å². The Kier molecular flexibility index (Phi) is 5.24. The average Bonchev–Trinajstić information content (AvgIpc) is 3.24. The lowest BCUT2D eigenvalue weighted by Crippen LogP contribution is -2.30. The van der Waals surface area contributed by atoms with E-state index in [1.807, 2.05) is 6.07 Å². The first-order valence-electron chi connectivity index (χ1n) is 7.59. The van der Waals surface area contributed by atoms with Crippen molar-refractivity contribution >= 4 is 38.9 Å². The lowest BCUT2D eigenvalue weighted by Gasteiger charge is -2.15. The van der Waals surface area contributed by atoms with E-state index in [0.29, 0.717) is 24.7 Å². The molecule has 1 saturated heterocycles. The van der Waals surface area contributed by atoms with Crippen molar-refractivity contribution in [2.75, 3.05) is 13.1 Å². The standard InChI is InChI=1S/C16H17ClN2O3S2/c17-13-5-3-4-12(10-13)11-18-16(20)15-14(6-9-23-15)24(21,22)19-7-1-2-8-19/h3-6,9-10H,1-2,7-8,11H2,(H,18,20). The number of hydrogen-bond acceptors (Lipinski definition) is 4. The number of nitrogens with zero attached hydrogens (tertiary/aromatic N) is 1. The number of hydrogen-bond donors (Lipinski definition) is 1. The zero-order valence-corrected chi connectivity index (χ0v) is 15.3. The van der Waals surface area contributed by atoms with Crippen LogP contribution in [0.5, 0.6) is 0 Å². The zero-order valence-electron chi connectivity index (χ0n) is 12.9. The molecule has 0 unspecified atom stereocenters. The summed E-state index contributed by atoms with van der Waals surface area (Å²) in [6.45, 7) is 1.32. The molecule has 1 amide bonds. The van der Waals surface area contributed by atoms with Gasteiger partial charge in [0, 0.05) is 24.7 Å². The van der Waals surface area contributed by atoms with Crippen molar-refractivity contribution in [1.82, 2.24) is 9.62 Å². The van der Waals surface area contributed by atoms with Gasteiger partial charge in [0.15, 0.2) is 0 Å². The average molecular weight is 385 g/mol. The van der Waals surface area contributed by atoms with Crippen LogP contribution in [0.3, 0.4) is 0 Å². The highest BCUT2D eigenvalue weighted by atomic mass is 35.5. The van der Waals surface area contributed by atoms with Gasteiger partial charge in [-0.05, 0) is 42.0 Å². The SMILES string of the molecule is O=C(NCc1cccc(Cl)c1)c1sccc1S(=O)(=O)N1CCCC1. The summed E-state index contributed by atoms with van der Waals surface area (Å²) in [5.74, 6) is -0.386. The molecule has 1 N–H and O–H groups in total. The molecule has 0 spiro atoms. The van der Waals surface area contributed by atoms with Crippen LogP contribution < -0.4 is 5.32 Å². The van der Waals surface area contributed by atoms with Crippen LogP contribution in [0.4, 0.5) is 0 Å². The monoisotopic (exact) mass is 384 g/mol. The van der Waals surface area contributed by atoms with Gasteiger partial charge in [-0.2, -0.15) is 4.31 Å². The molecule has 1 aromatic carbocycles. The first-order valence-corrected chi connectivity index (χ1v) is 10.3. The Hall–Kier alpha value is -1.41. The van der Waals surface area contributed by atoms with E-state index in [1.165, 1.54) is 10.4 Å². The molecule has 1 aliphatic rings. The van der Waals surface area contributed by atoms with Crippen molar-refractivity contribution in [3.05, 3.63) is 51.2 Å². The van der Waals surface area contributed by atoms with Crippen molar-refractivity contribution < 1.29 is 13.2 Å². The van der Waals surface area contributed by atoms with Gasteiger partial charge in [-0.15, -0.1) is 11.3 Å². The minimum atomic E-state index is -3.60. The van der Waals surface area contributed by atoms with Gasteiger partial charge in [-0.25, -0.2) is 8.42 Å². The molecule has 5 nitrogen and oxygen atoms in total. The minimum Gasteiger partial charge on any atom is -0.347 e. The fourth-order valence-electron chi connectivity index (χ4n) is 2.64. The molecule has 1 aromatic heterocycles. The number of carbonyl (C=O) groups is 1. The number of benzene rings is 1. The molecule has 0 saturated carbocycles. The largest absolute Gasteiger partial charge is 0.347 e. The van der Waals surface area contributed by atoms with Crippen LogP contribution in [0, 0.1) is 0 Å². The van der Waals surface area contributed by atoms with E-state index in [0.717, 1.165) is 29.7 Å². The maximum absolute atomic E-state index is 12.7. The van der Waals surface area contributed by atoms with Crippen molar-refractivity contribution in [3.8, 4) is 0 Å². The first kappa shape index (κ1) is 17.4. The predicted molar refractivity (Wildman–Crippen MR) is 94.9 cm³/mol. The fraction of sp³-hybridized carbons (Fsp3) is 0.312. The van der Waals surface area contributed by atoms with Crippen LogP contribution in [0.2, 0.25) is 5.02 Å². The Balaban J connectivity index is 1.76. The minimum absolute atomic E-state index is 0.0954. The topological polar surface area (TPSA) is 66.5 Å². The first-order chi connectivity index (χ1) is 11.5. The highest BCUT2D eigenvalue weighted by Crippen LogP contribution is 2.27. The van der Waals surface area contributed by atoms with Gasteiger partial charge >= 0.3 is 0 Å². The Bertz CT molecular complexity index is 843. The molecule has 0 radical (unpaired) electrons. The van der Waals surface area contributed by atoms with Gasteiger partial charge < -0.3 is 5.32 Å². The second kappa shape index (κ2) is 7.23. The number of nitrogens with one attached hydrogen (secondary N) is 1. The van der Waals surface area contributed by atoms with Crippen LogP contribution in [0.15, 0.2) is 40.6 Å². The van der Waals surface area contributed by atoms with Crippen molar-refractivity contribution in [2.24, 2.45) is 0 Å². The third kappa shape index (κ3) is 3.64. The zero-order chi connectivity index (χ0) is 17.2. The summed E-state index contributed by atoms with van der Waals surface area (Å²) in [5.41, 5.74) is 0.858. The number of sulfonamides is 1. The van der Waals surface area contributed by atoms with E-state index < -0.39 is 10.0 Å². The number of thiophene rings is 1. The number of rotatable bonds is 5. The van der Waals surface area contributed by atoms with E-state index in [2.05, 4.69) is 5.32 Å². The summed E-state index contributed by atoms with van der Waals surface area (Å²) >= 11 is 7.06. The normalized spacial score (nSPS) is 15.5. The molecule has 1 aliphatic heterocycles. The highest BCUT2D eigenvalue weighted by molar-refractivity contribution is 7.89. The highest BCUT2D eigenvalue weighted by Gasteiger charge is 2.31. The Morgan fingerprint density at radius 2 is 2.00 bits per heavy atom. The molecular weight excluding hydrogens is 368 g/mol. The molecule has 3 rings (SSSR count). The smallest absolute Gasteiger partial charge is 0.263 e. The van der Waals surface area contributed by atoms with Gasteiger partial charge in [0.2, 0.25) is 10.0 Å². The third-order valence-electron chi connectivity index (χ3n) is 3.86. The van der Waals surface area contributed by atoms with Gasteiger partial charge in [0.05, 0.1) is 0 Å². The second-order valence-electron chi connectivity index (χ2n) is 5.54. The summed E-state index contributed by atoms with van der Waals surface area (Å²) in [4.78, 5) is 12.8. The molecule has 0 atom stereocenters. The maximum Gasteiger partial charge on any atom is 0.263 e. The molecule has 8 heteroatoms. The summed E-state index contributed by atoms with van der Waals surface area (Å²) in [6, 6.07) is 8.68. The van der Waals surface area contributed by atoms with Gasteiger partial charge in [0.25, 0.3) is 5.91 Å². The number of amides is 1. The molecule has 2 aromatic rings. The maximum atomic E-state index is 12.7. The molecule has 0 bridgehead atoms. The van der Waals surface area contributed by atoms with E-state index >= 15 is 0 Å². The molecule has 0 aliphatic carbocycles. The lowest BCUT2D eigenvalue weighted by atomic mass is 10.2. The molecule has 24 heavy (non-hydrogen) atoms. The Morgan fingerprint density at radius 3 is 2.71 bits per heavy atom. The van der Waals surface area contributed by atoms with Gasteiger partial charge in [-0.1, -0.05) is 23.7 Å². The van der Waals surface area contributed by atoms with Crippen LogP contribution in [0.25, 0.3) is 0 Å².